The van der Waals surface area contributed by atoms with Crippen molar-refractivity contribution in [2.24, 2.45) is 0 Å². The van der Waals surface area contributed by atoms with Crippen LogP contribution in [0.1, 0.15) is 44.5 Å². The summed E-state index contributed by atoms with van der Waals surface area (Å²) < 4.78 is 9.67. The van der Waals surface area contributed by atoms with Crippen LogP contribution in [0.2, 0.25) is 0 Å². The predicted octanol–water partition coefficient (Wildman–Crippen LogP) is 31.1. The Kier molecular flexibility index (Phi) is 15.9. The van der Waals surface area contributed by atoms with Gasteiger partial charge < -0.3 is 18.3 Å². The van der Waals surface area contributed by atoms with Crippen LogP contribution in [0.5, 0.6) is 0 Å². The third-order valence-electron chi connectivity index (χ3n) is 27.8. The fourth-order valence-electron chi connectivity index (χ4n) is 22.2. The Morgan fingerprint density at radius 1 is 0.127 bits per heavy atom. The van der Waals surface area contributed by atoms with Crippen molar-refractivity contribution in [2.75, 3.05) is 0 Å². The Morgan fingerprint density at radius 3 is 0.619 bits per heavy atom. The van der Waals surface area contributed by atoms with E-state index in [2.05, 4.69) is 491 Å². The molecule has 4 nitrogen and oxygen atoms in total. The zero-order valence-electron chi connectivity index (χ0n) is 68.8. The Bertz CT molecular complexity index is 8350. The summed E-state index contributed by atoms with van der Waals surface area (Å²) in [6.07, 6.45) is 0. The maximum absolute atomic E-state index is 2.43. The number of para-hydroxylation sites is 6. The summed E-state index contributed by atoms with van der Waals surface area (Å²) >= 11 is 0. The largest absolute Gasteiger partial charge is 0.309 e. The van der Waals surface area contributed by atoms with E-state index in [0.717, 1.165) is 22.7 Å². The molecule has 0 amide bonds. The average Bonchev–Trinajstić information content (AvgIpc) is 1.54. The number of nitrogens with zero attached hydrogens (tertiary/aromatic N) is 4. The van der Waals surface area contributed by atoms with E-state index in [1.165, 1.54) is 210 Å². The second kappa shape index (κ2) is 28.1. The fourth-order valence-corrected chi connectivity index (χ4v) is 22.2. The molecule has 4 heteroatoms. The van der Waals surface area contributed by atoms with Crippen molar-refractivity contribution in [3.8, 4) is 101 Å². The summed E-state index contributed by atoms with van der Waals surface area (Å²) in [5, 5.41) is 9.93. The molecule has 0 saturated carbocycles. The SMILES string of the molecule is c1cc(-c2ccc(C3(c4ccc(-c5ccc(-n6c7ccccc7c7cc(-c8ccc(-n9c%10ccccc%10c%10cc(-c%11ccc(C%12(c%13ccc(-c%14cccc(-n%15c%16ccccc%16c%16ccccc%16%15)c%14)cc%13)c%13ccccc%13-c%13ccccc%13%12)cc%11)ccc%109)cc8)ccc76)cc5)cc4)c4ccccc4-c4ccccc43)cc2)cc(-n2c3ccccc3c3ccccc32)c1. The molecule has 4 heterocycles. The summed E-state index contributed by atoms with van der Waals surface area (Å²) in [6, 6.07) is 177. The lowest BCUT2D eigenvalue weighted by Gasteiger charge is -2.34. The molecule has 0 spiro atoms. The highest BCUT2D eigenvalue weighted by molar-refractivity contribution is 6.14. The maximum Gasteiger partial charge on any atom is 0.0713 e. The van der Waals surface area contributed by atoms with Gasteiger partial charge in [-0.2, -0.15) is 0 Å². The van der Waals surface area contributed by atoms with Crippen molar-refractivity contribution < 1.29 is 0 Å². The van der Waals surface area contributed by atoms with Crippen LogP contribution in [0.4, 0.5) is 0 Å². The quantitative estimate of drug-likeness (QED) is 0.110. The summed E-state index contributed by atoms with van der Waals surface area (Å²) in [7, 11) is 0. The van der Waals surface area contributed by atoms with Crippen molar-refractivity contribution in [3.63, 3.8) is 0 Å². The van der Waals surface area contributed by atoms with Crippen LogP contribution in [0, 0.1) is 0 Å². The molecule has 0 unspecified atom stereocenters. The third kappa shape index (κ3) is 10.6. The monoisotopic (exact) mass is 1600 g/mol. The third-order valence-corrected chi connectivity index (χ3v) is 27.8. The molecular formula is C122H78N4. The van der Waals surface area contributed by atoms with Crippen LogP contribution >= 0.6 is 0 Å². The Hall–Kier alpha value is -16.4. The lowest BCUT2D eigenvalue weighted by atomic mass is 9.67. The number of hydrogen-bond donors (Lipinski definition) is 0. The molecule has 0 atom stereocenters. The Balaban J connectivity index is 0.488. The van der Waals surface area contributed by atoms with Gasteiger partial charge in [-0.15, -0.1) is 0 Å². The molecule has 20 aromatic carbocycles. The second-order valence-electron chi connectivity index (χ2n) is 34.1. The van der Waals surface area contributed by atoms with Gasteiger partial charge in [0.15, 0.2) is 0 Å². The highest BCUT2D eigenvalue weighted by Gasteiger charge is 2.48. The first-order valence-electron chi connectivity index (χ1n) is 43.8. The first kappa shape index (κ1) is 71.3. The van der Waals surface area contributed by atoms with E-state index in [4.69, 9.17) is 0 Å². The normalized spacial score (nSPS) is 13.0. The standard InChI is InChI=1S/C122H78N4/c1-11-37-109-97(27-1)98-28-2-12-38-110(98)121(109,90-63-49-81(50-64-90)85-23-21-25-95(75-85)125-113-41-15-5-31-101(113)102-32-6-16-42-114(102)125)89-61-47-79(48-62-89)80-55-69-93(70-56-80)123-117-45-19-10-36-106(117)108-78-88(60-74-120(108)123)84-57-71-94(72-58-84)124-118-46-20-9-35-105(118)107-77-87(59-73-119(107)124)83-53-67-92(68-54-83)122(111-39-13-3-29-99(111)100-30-4-14-40-112(100)122)91-65-51-82(52-66-91)86-24-22-26-96(76-86)126-115-43-17-7-33-103(115)104-34-8-18-44-116(104)126/h1-78H. The highest BCUT2D eigenvalue weighted by atomic mass is 15.0. The van der Waals surface area contributed by atoms with E-state index in [0.29, 0.717) is 0 Å². The van der Waals surface area contributed by atoms with E-state index in [9.17, 15) is 0 Å². The maximum atomic E-state index is 2.43. The van der Waals surface area contributed by atoms with Crippen LogP contribution < -0.4 is 0 Å². The van der Waals surface area contributed by atoms with E-state index in [1.54, 1.807) is 0 Å². The van der Waals surface area contributed by atoms with Crippen LogP contribution in [0.15, 0.2) is 473 Å². The molecule has 4 aromatic heterocycles. The first-order chi connectivity index (χ1) is 62.5. The molecule has 0 saturated heterocycles. The molecule has 0 fully saturated rings. The Labute approximate surface area is 729 Å². The zero-order valence-corrected chi connectivity index (χ0v) is 68.8. The van der Waals surface area contributed by atoms with Gasteiger partial charge in [-0.3, -0.25) is 0 Å². The van der Waals surface area contributed by atoms with Crippen LogP contribution in [0.3, 0.4) is 0 Å². The van der Waals surface area contributed by atoms with E-state index in [-0.39, 0.29) is 0 Å². The fraction of sp³-hybridized carbons (Fsp3) is 0.0164. The van der Waals surface area contributed by atoms with E-state index >= 15 is 0 Å². The predicted molar refractivity (Wildman–Crippen MR) is 526 cm³/mol. The van der Waals surface area contributed by atoms with Gasteiger partial charge in [0.1, 0.15) is 0 Å². The highest BCUT2D eigenvalue weighted by Crippen LogP contribution is 2.59. The van der Waals surface area contributed by atoms with Gasteiger partial charge in [0.25, 0.3) is 0 Å². The molecule has 586 valence electrons. The van der Waals surface area contributed by atoms with Crippen molar-refractivity contribution in [1.82, 2.24) is 18.3 Å². The molecule has 0 radical (unpaired) electrons. The summed E-state index contributed by atoms with van der Waals surface area (Å²) in [5.41, 5.74) is 39.9. The molecule has 0 N–H and O–H groups in total. The van der Waals surface area contributed by atoms with Crippen LogP contribution in [-0.2, 0) is 10.8 Å². The summed E-state index contributed by atoms with van der Waals surface area (Å²) in [6.45, 7) is 0. The van der Waals surface area contributed by atoms with Gasteiger partial charge in [0.2, 0.25) is 0 Å². The van der Waals surface area contributed by atoms with Gasteiger partial charge >= 0.3 is 0 Å². The van der Waals surface area contributed by atoms with Gasteiger partial charge in [-0.25, -0.2) is 0 Å². The van der Waals surface area contributed by atoms with E-state index < -0.39 is 10.8 Å². The van der Waals surface area contributed by atoms with Crippen molar-refractivity contribution >= 4 is 87.2 Å². The summed E-state index contributed by atoms with van der Waals surface area (Å²) in [4.78, 5) is 0. The second-order valence-corrected chi connectivity index (χ2v) is 34.1. The van der Waals surface area contributed by atoms with Crippen molar-refractivity contribution in [1.29, 1.82) is 0 Å². The molecule has 126 heavy (non-hydrogen) atoms. The molecule has 26 rings (SSSR count). The average molecular weight is 1600 g/mol. The first-order valence-corrected chi connectivity index (χ1v) is 43.8. The van der Waals surface area contributed by atoms with E-state index in [1.807, 2.05) is 0 Å². The van der Waals surface area contributed by atoms with Crippen LogP contribution in [-0.4, -0.2) is 18.3 Å². The molecule has 2 aliphatic rings. The molecule has 0 bridgehead atoms. The molecule has 2 aliphatic carbocycles. The zero-order chi connectivity index (χ0) is 82.7. The number of rotatable bonds is 13. The minimum atomic E-state index is -0.557. The molecular weight excluding hydrogens is 1520 g/mol. The van der Waals surface area contributed by atoms with Crippen molar-refractivity contribution in [3.05, 3.63) is 518 Å². The van der Waals surface area contributed by atoms with Crippen molar-refractivity contribution in [2.45, 2.75) is 10.8 Å². The van der Waals surface area contributed by atoms with Gasteiger partial charge in [-0.1, -0.05) is 364 Å². The number of aromatic nitrogens is 4. The van der Waals surface area contributed by atoms with Gasteiger partial charge in [-0.05, 0) is 232 Å². The summed E-state index contributed by atoms with van der Waals surface area (Å²) in [5.74, 6) is 0. The number of benzene rings is 20. The number of hydrogen-bond acceptors (Lipinski definition) is 0. The minimum Gasteiger partial charge on any atom is -0.309 e. The van der Waals surface area contributed by atoms with Crippen LogP contribution in [0.25, 0.3) is 188 Å². The Morgan fingerprint density at radius 2 is 0.333 bits per heavy atom. The van der Waals surface area contributed by atoms with Gasteiger partial charge in [0.05, 0.1) is 55.0 Å². The lowest BCUT2D eigenvalue weighted by molar-refractivity contribution is 0.769. The molecule has 0 aliphatic heterocycles. The lowest BCUT2D eigenvalue weighted by Crippen LogP contribution is -2.28. The molecule has 24 aromatic rings. The number of fused-ring (bicyclic) bond motifs is 18. The smallest absolute Gasteiger partial charge is 0.0713 e. The minimum absolute atomic E-state index is 0.548. The van der Waals surface area contributed by atoms with Gasteiger partial charge in [0, 0.05) is 65.8 Å². The topological polar surface area (TPSA) is 19.7 Å².